The van der Waals surface area contributed by atoms with Crippen molar-refractivity contribution < 1.29 is 37.1 Å². The van der Waals surface area contributed by atoms with Gasteiger partial charge < -0.3 is 24.6 Å². The molecule has 0 aliphatic carbocycles. The van der Waals surface area contributed by atoms with E-state index in [-0.39, 0.29) is 35.7 Å². The topological polar surface area (TPSA) is 105 Å². The number of phenolic OH excluding ortho intramolecular Hbond substituents is 1. The maximum Gasteiger partial charge on any atom is 0.416 e. The SMILES string of the molecule is O=C(NCC(=O)N1CCC(Oc2cccc(C(F)(F)F)c2)CC1)c1cc(-c2cccc(O)c2)on1. The van der Waals surface area contributed by atoms with Crippen LogP contribution in [-0.2, 0) is 11.0 Å². The predicted octanol–water partition coefficient (Wildman–Crippen LogP) is 3.87. The van der Waals surface area contributed by atoms with E-state index in [0.717, 1.165) is 12.1 Å². The van der Waals surface area contributed by atoms with E-state index in [0.29, 0.717) is 37.3 Å². The number of halogens is 3. The lowest BCUT2D eigenvalue weighted by molar-refractivity contribution is -0.138. The summed E-state index contributed by atoms with van der Waals surface area (Å²) in [4.78, 5) is 26.4. The molecule has 35 heavy (non-hydrogen) atoms. The minimum Gasteiger partial charge on any atom is -0.508 e. The molecule has 1 fully saturated rings. The van der Waals surface area contributed by atoms with Crippen molar-refractivity contribution in [2.24, 2.45) is 0 Å². The third kappa shape index (κ3) is 6.11. The first-order valence-corrected chi connectivity index (χ1v) is 10.8. The second-order valence-corrected chi connectivity index (χ2v) is 8.03. The number of hydrogen-bond donors (Lipinski definition) is 2. The van der Waals surface area contributed by atoms with Crippen LogP contribution in [0.5, 0.6) is 11.5 Å². The zero-order chi connectivity index (χ0) is 25.0. The first kappa shape index (κ1) is 24.1. The predicted molar refractivity (Wildman–Crippen MR) is 118 cm³/mol. The number of nitrogens with zero attached hydrogens (tertiary/aromatic N) is 2. The van der Waals surface area contributed by atoms with Crippen LogP contribution in [0.4, 0.5) is 13.2 Å². The lowest BCUT2D eigenvalue weighted by atomic mass is 10.1. The summed E-state index contributed by atoms with van der Waals surface area (Å²) in [6.45, 7) is 0.459. The van der Waals surface area contributed by atoms with Crippen molar-refractivity contribution in [3.63, 3.8) is 0 Å². The lowest BCUT2D eigenvalue weighted by Crippen LogP contribution is -2.46. The van der Waals surface area contributed by atoms with E-state index in [1.807, 2.05) is 0 Å². The molecule has 2 N–H and O–H groups in total. The van der Waals surface area contributed by atoms with Crippen molar-refractivity contribution in [2.45, 2.75) is 25.1 Å². The quantitative estimate of drug-likeness (QED) is 0.545. The van der Waals surface area contributed by atoms with Gasteiger partial charge >= 0.3 is 6.18 Å². The Labute approximate surface area is 198 Å². The number of benzene rings is 2. The number of nitrogens with one attached hydrogen (secondary N) is 1. The molecule has 4 rings (SSSR count). The van der Waals surface area contributed by atoms with Gasteiger partial charge in [-0.25, -0.2) is 0 Å². The Bertz CT molecular complexity index is 1200. The highest BCUT2D eigenvalue weighted by Crippen LogP contribution is 2.32. The van der Waals surface area contributed by atoms with E-state index >= 15 is 0 Å². The zero-order valence-corrected chi connectivity index (χ0v) is 18.4. The van der Waals surface area contributed by atoms with Crippen molar-refractivity contribution in [2.75, 3.05) is 19.6 Å². The number of aromatic nitrogens is 1. The highest BCUT2D eigenvalue weighted by molar-refractivity contribution is 5.95. The zero-order valence-electron chi connectivity index (χ0n) is 18.4. The molecule has 1 aliphatic rings. The van der Waals surface area contributed by atoms with Crippen molar-refractivity contribution in [3.05, 3.63) is 65.9 Å². The van der Waals surface area contributed by atoms with Gasteiger partial charge in [0.05, 0.1) is 12.1 Å². The molecule has 0 bridgehead atoms. The number of likely N-dealkylation sites (tertiary alicyclic amines) is 1. The third-order valence-corrected chi connectivity index (χ3v) is 5.53. The molecule has 0 atom stereocenters. The van der Waals surface area contributed by atoms with Gasteiger partial charge in [-0.1, -0.05) is 23.4 Å². The molecule has 184 valence electrons. The van der Waals surface area contributed by atoms with E-state index in [2.05, 4.69) is 10.5 Å². The number of carbonyl (C=O) groups excluding carboxylic acids is 2. The molecule has 8 nitrogen and oxygen atoms in total. The van der Waals surface area contributed by atoms with Crippen LogP contribution in [0.1, 0.15) is 28.9 Å². The molecule has 2 heterocycles. The number of carbonyl (C=O) groups is 2. The Hall–Kier alpha value is -4.02. The van der Waals surface area contributed by atoms with Crippen molar-refractivity contribution in [3.8, 4) is 22.8 Å². The minimum atomic E-state index is -4.45. The number of piperidine rings is 1. The Balaban J connectivity index is 1.24. The Kier molecular flexibility index (Phi) is 6.94. The number of aromatic hydroxyl groups is 1. The summed E-state index contributed by atoms with van der Waals surface area (Å²) in [6, 6.07) is 12.4. The number of hydrogen-bond acceptors (Lipinski definition) is 6. The normalized spacial score (nSPS) is 14.5. The monoisotopic (exact) mass is 489 g/mol. The van der Waals surface area contributed by atoms with Gasteiger partial charge in [0.2, 0.25) is 5.91 Å². The van der Waals surface area contributed by atoms with Gasteiger partial charge in [0.15, 0.2) is 11.5 Å². The summed E-state index contributed by atoms with van der Waals surface area (Å²) < 4.78 is 49.4. The number of phenols is 1. The Morgan fingerprint density at radius 3 is 2.57 bits per heavy atom. The van der Waals surface area contributed by atoms with Crippen molar-refractivity contribution >= 4 is 11.8 Å². The average molecular weight is 489 g/mol. The maximum absolute atomic E-state index is 12.9. The molecular weight excluding hydrogens is 467 g/mol. The molecule has 0 spiro atoms. The van der Waals surface area contributed by atoms with Crippen molar-refractivity contribution in [1.82, 2.24) is 15.4 Å². The molecule has 0 saturated carbocycles. The van der Waals surface area contributed by atoms with E-state index in [4.69, 9.17) is 9.26 Å². The van der Waals surface area contributed by atoms with Gasteiger partial charge in [0, 0.05) is 37.6 Å². The third-order valence-electron chi connectivity index (χ3n) is 5.53. The smallest absolute Gasteiger partial charge is 0.416 e. The number of amides is 2. The molecular formula is C24H22F3N3O5. The van der Waals surface area contributed by atoms with Gasteiger partial charge in [-0.15, -0.1) is 0 Å². The summed E-state index contributed by atoms with van der Waals surface area (Å²) in [5.74, 6) is -0.418. The number of alkyl halides is 3. The van der Waals surface area contributed by atoms with Crippen LogP contribution in [0.15, 0.2) is 59.1 Å². The summed E-state index contributed by atoms with van der Waals surface area (Å²) in [7, 11) is 0. The van der Waals surface area contributed by atoms with Crippen LogP contribution in [0, 0.1) is 0 Å². The van der Waals surface area contributed by atoms with Gasteiger partial charge in [0.25, 0.3) is 5.91 Å². The Morgan fingerprint density at radius 1 is 1.11 bits per heavy atom. The molecule has 1 saturated heterocycles. The van der Waals surface area contributed by atoms with Gasteiger partial charge in [-0.05, 0) is 30.3 Å². The maximum atomic E-state index is 12.9. The number of ether oxygens (including phenoxy) is 1. The van der Waals surface area contributed by atoms with Crippen LogP contribution in [0.25, 0.3) is 11.3 Å². The molecule has 0 radical (unpaired) electrons. The van der Waals surface area contributed by atoms with Gasteiger partial charge in [0.1, 0.15) is 17.6 Å². The van der Waals surface area contributed by atoms with Crippen LogP contribution in [0.2, 0.25) is 0 Å². The Morgan fingerprint density at radius 2 is 1.86 bits per heavy atom. The second kappa shape index (κ2) is 10.1. The fourth-order valence-corrected chi connectivity index (χ4v) is 3.70. The van der Waals surface area contributed by atoms with Gasteiger partial charge in [-0.2, -0.15) is 13.2 Å². The van der Waals surface area contributed by atoms with E-state index in [1.165, 1.54) is 30.3 Å². The molecule has 1 aromatic heterocycles. The fourth-order valence-electron chi connectivity index (χ4n) is 3.70. The molecule has 1 aliphatic heterocycles. The van der Waals surface area contributed by atoms with Crippen molar-refractivity contribution in [1.29, 1.82) is 0 Å². The number of rotatable bonds is 6. The van der Waals surface area contributed by atoms with E-state index < -0.39 is 17.6 Å². The largest absolute Gasteiger partial charge is 0.508 e. The lowest BCUT2D eigenvalue weighted by Gasteiger charge is -2.32. The second-order valence-electron chi connectivity index (χ2n) is 8.03. The molecule has 11 heteroatoms. The minimum absolute atomic E-state index is 0.00987. The highest BCUT2D eigenvalue weighted by Gasteiger charge is 2.31. The van der Waals surface area contributed by atoms with Crippen LogP contribution in [-0.4, -0.2) is 52.7 Å². The van der Waals surface area contributed by atoms with E-state index in [1.54, 1.807) is 17.0 Å². The molecule has 3 aromatic rings. The summed E-state index contributed by atoms with van der Waals surface area (Å²) in [5, 5.41) is 15.8. The van der Waals surface area contributed by atoms with Gasteiger partial charge in [-0.3, -0.25) is 9.59 Å². The fraction of sp³-hybridized carbons (Fsp3) is 0.292. The van der Waals surface area contributed by atoms with Crippen LogP contribution < -0.4 is 10.1 Å². The molecule has 2 amide bonds. The first-order chi connectivity index (χ1) is 16.7. The summed E-state index contributed by atoms with van der Waals surface area (Å²) in [5.41, 5.74) is -0.244. The summed E-state index contributed by atoms with van der Waals surface area (Å²) >= 11 is 0. The highest BCUT2D eigenvalue weighted by atomic mass is 19.4. The van der Waals surface area contributed by atoms with Crippen LogP contribution >= 0.6 is 0 Å². The van der Waals surface area contributed by atoms with Crippen LogP contribution in [0.3, 0.4) is 0 Å². The van der Waals surface area contributed by atoms with E-state index in [9.17, 15) is 27.9 Å². The summed E-state index contributed by atoms with van der Waals surface area (Å²) in [6.07, 6.45) is -3.86. The first-order valence-electron chi connectivity index (χ1n) is 10.8. The molecule has 0 unspecified atom stereocenters. The molecule has 2 aromatic carbocycles. The average Bonchev–Trinajstić information content (AvgIpc) is 3.33. The standard InChI is InChI=1S/C24H22F3N3O5/c25-24(26,27)16-4-2-6-19(12-16)34-18-7-9-30(10-8-18)22(32)14-28-23(33)20-13-21(35-29-20)15-3-1-5-17(31)11-15/h1-6,11-13,18,31H,7-10,14H2,(H,28,33).